The standard InChI is InChI=1S/C14H26N6/c1-4-20(5-2)14-18-12(15-3)17-13(19-14)16-10-9-11-7-6-8-11/h11H,4-10H2,1-3H3,(H2,15,16,17,18,19). The lowest BCUT2D eigenvalue weighted by Gasteiger charge is -2.25. The number of anilines is 3. The van der Waals surface area contributed by atoms with Crippen LogP contribution in [0.5, 0.6) is 0 Å². The van der Waals surface area contributed by atoms with Crippen molar-refractivity contribution in [1.29, 1.82) is 0 Å². The highest BCUT2D eigenvalue weighted by Crippen LogP contribution is 2.29. The van der Waals surface area contributed by atoms with Crippen LogP contribution < -0.4 is 15.5 Å². The molecule has 0 aromatic carbocycles. The minimum Gasteiger partial charge on any atom is -0.357 e. The van der Waals surface area contributed by atoms with Crippen LogP contribution in [0.4, 0.5) is 17.8 Å². The van der Waals surface area contributed by atoms with Gasteiger partial charge >= 0.3 is 0 Å². The minimum atomic E-state index is 0.619. The lowest BCUT2D eigenvalue weighted by atomic mass is 9.83. The Labute approximate surface area is 121 Å². The van der Waals surface area contributed by atoms with E-state index in [2.05, 4.69) is 44.3 Å². The SMILES string of the molecule is CCN(CC)c1nc(NC)nc(NCCC2CCC2)n1. The quantitative estimate of drug-likeness (QED) is 0.761. The van der Waals surface area contributed by atoms with Gasteiger partial charge in [-0.15, -0.1) is 0 Å². The van der Waals surface area contributed by atoms with Gasteiger partial charge in [0, 0.05) is 26.7 Å². The van der Waals surface area contributed by atoms with Crippen LogP contribution in [0.15, 0.2) is 0 Å². The zero-order valence-electron chi connectivity index (χ0n) is 12.8. The Morgan fingerprint density at radius 2 is 1.80 bits per heavy atom. The molecule has 1 aromatic heterocycles. The summed E-state index contributed by atoms with van der Waals surface area (Å²) in [6.45, 7) is 6.94. The highest BCUT2D eigenvalue weighted by molar-refractivity contribution is 5.43. The molecule has 0 aliphatic heterocycles. The van der Waals surface area contributed by atoms with Crippen LogP contribution in [0.25, 0.3) is 0 Å². The van der Waals surface area contributed by atoms with Gasteiger partial charge in [-0.1, -0.05) is 19.3 Å². The van der Waals surface area contributed by atoms with Crippen LogP contribution in [0.2, 0.25) is 0 Å². The maximum Gasteiger partial charge on any atom is 0.231 e. The summed E-state index contributed by atoms with van der Waals surface area (Å²) in [7, 11) is 1.83. The van der Waals surface area contributed by atoms with Crippen molar-refractivity contribution in [2.24, 2.45) is 5.92 Å². The first kappa shape index (κ1) is 14.8. The summed E-state index contributed by atoms with van der Waals surface area (Å²) in [6, 6.07) is 0. The van der Waals surface area contributed by atoms with Crippen molar-refractivity contribution >= 4 is 17.8 Å². The monoisotopic (exact) mass is 278 g/mol. The van der Waals surface area contributed by atoms with Crippen molar-refractivity contribution in [2.45, 2.75) is 39.5 Å². The molecular formula is C14H26N6. The number of aromatic nitrogens is 3. The zero-order chi connectivity index (χ0) is 14.4. The molecular weight excluding hydrogens is 252 g/mol. The number of nitrogens with one attached hydrogen (secondary N) is 2. The molecule has 0 unspecified atom stereocenters. The number of hydrogen-bond acceptors (Lipinski definition) is 6. The van der Waals surface area contributed by atoms with Gasteiger partial charge in [-0.3, -0.25) is 0 Å². The van der Waals surface area contributed by atoms with Gasteiger partial charge in [-0.25, -0.2) is 0 Å². The highest BCUT2D eigenvalue weighted by atomic mass is 15.3. The Morgan fingerprint density at radius 3 is 2.35 bits per heavy atom. The molecule has 2 rings (SSSR count). The van der Waals surface area contributed by atoms with Gasteiger partial charge in [0.25, 0.3) is 0 Å². The molecule has 0 atom stereocenters. The maximum atomic E-state index is 4.52. The lowest BCUT2D eigenvalue weighted by Crippen LogP contribution is -2.25. The van der Waals surface area contributed by atoms with Crippen LogP contribution in [-0.4, -0.2) is 41.6 Å². The van der Waals surface area contributed by atoms with E-state index < -0.39 is 0 Å². The molecule has 6 nitrogen and oxygen atoms in total. The van der Waals surface area contributed by atoms with Crippen molar-refractivity contribution in [3.05, 3.63) is 0 Å². The van der Waals surface area contributed by atoms with Crippen LogP contribution in [0, 0.1) is 5.92 Å². The smallest absolute Gasteiger partial charge is 0.231 e. The van der Waals surface area contributed by atoms with Crippen molar-refractivity contribution in [2.75, 3.05) is 42.2 Å². The first-order chi connectivity index (χ1) is 9.76. The molecule has 1 fully saturated rings. The average molecular weight is 278 g/mol. The van der Waals surface area contributed by atoms with Gasteiger partial charge in [0.2, 0.25) is 17.8 Å². The molecule has 6 heteroatoms. The van der Waals surface area contributed by atoms with E-state index in [1.807, 2.05) is 7.05 Å². The molecule has 1 heterocycles. The molecule has 0 bridgehead atoms. The van der Waals surface area contributed by atoms with E-state index in [1.54, 1.807) is 0 Å². The molecule has 0 spiro atoms. The molecule has 1 saturated carbocycles. The van der Waals surface area contributed by atoms with E-state index >= 15 is 0 Å². The van der Waals surface area contributed by atoms with Crippen LogP contribution in [0.1, 0.15) is 39.5 Å². The largest absolute Gasteiger partial charge is 0.357 e. The summed E-state index contributed by atoms with van der Waals surface area (Å²) < 4.78 is 0. The molecule has 0 radical (unpaired) electrons. The summed E-state index contributed by atoms with van der Waals surface area (Å²) in [4.78, 5) is 15.4. The van der Waals surface area contributed by atoms with Gasteiger partial charge in [-0.2, -0.15) is 15.0 Å². The Kier molecular flexibility index (Phi) is 5.38. The summed E-state index contributed by atoms with van der Waals surface area (Å²) in [5, 5.41) is 6.34. The Hall–Kier alpha value is -1.59. The fraction of sp³-hybridized carbons (Fsp3) is 0.786. The number of nitrogens with zero attached hydrogens (tertiary/aromatic N) is 4. The maximum absolute atomic E-state index is 4.52. The Bertz CT molecular complexity index is 414. The van der Waals surface area contributed by atoms with E-state index in [4.69, 9.17) is 0 Å². The summed E-state index contributed by atoms with van der Waals surface area (Å²) in [6.07, 6.45) is 5.37. The van der Waals surface area contributed by atoms with Crippen molar-refractivity contribution in [3.8, 4) is 0 Å². The number of hydrogen-bond donors (Lipinski definition) is 2. The van der Waals surface area contributed by atoms with Crippen molar-refractivity contribution in [3.63, 3.8) is 0 Å². The van der Waals surface area contributed by atoms with Crippen molar-refractivity contribution in [1.82, 2.24) is 15.0 Å². The predicted molar refractivity (Wildman–Crippen MR) is 83.4 cm³/mol. The van der Waals surface area contributed by atoms with E-state index in [0.717, 1.165) is 31.5 Å². The second-order valence-electron chi connectivity index (χ2n) is 5.22. The van der Waals surface area contributed by atoms with Crippen LogP contribution >= 0.6 is 0 Å². The van der Waals surface area contributed by atoms with Gasteiger partial charge in [0.1, 0.15) is 0 Å². The van der Waals surface area contributed by atoms with Crippen LogP contribution in [0.3, 0.4) is 0 Å². The van der Waals surface area contributed by atoms with E-state index in [0.29, 0.717) is 11.9 Å². The molecule has 2 N–H and O–H groups in total. The second kappa shape index (κ2) is 7.26. The summed E-state index contributed by atoms with van der Waals surface area (Å²) >= 11 is 0. The summed E-state index contributed by atoms with van der Waals surface area (Å²) in [5.41, 5.74) is 0. The van der Waals surface area contributed by atoms with E-state index in [1.165, 1.54) is 25.7 Å². The fourth-order valence-electron chi connectivity index (χ4n) is 2.37. The molecule has 0 amide bonds. The van der Waals surface area contributed by atoms with E-state index in [9.17, 15) is 0 Å². The van der Waals surface area contributed by atoms with E-state index in [-0.39, 0.29) is 0 Å². The predicted octanol–water partition coefficient (Wildman–Crippen LogP) is 2.36. The van der Waals surface area contributed by atoms with Gasteiger partial charge in [0.05, 0.1) is 0 Å². The van der Waals surface area contributed by atoms with Crippen molar-refractivity contribution < 1.29 is 0 Å². The normalized spacial score (nSPS) is 14.8. The minimum absolute atomic E-state index is 0.619. The van der Waals surface area contributed by atoms with Gasteiger partial charge < -0.3 is 15.5 Å². The second-order valence-corrected chi connectivity index (χ2v) is 5.22. The lowest BCUT2D eigenvalue weighted by molar-refractivity contribution is 0.303. The molecule has 1 aliphatic rings. The third kappa shape index (κ3) is 3.71. The zero-order valence-corrected chi connectivity index (χ0v) is 12.8. The van der Waals surface area contributed by atoms with Crippen LogP contribution in [-0.2, 0) is 0 Å². The molecule has 0 saturated heterocycles. The first-order valence-corrected chi connectivity index (χ1v) is 7.69. The fourth-order valence-corrected chi connectivity index (χ4v) is 2.37. The molecule has 1 aromatic rings. The Balaban J connectivity index is 2.00. The van der Waals surface area contributed by atoms with Gasteiger partial charge in [0.15, 0.2) is 0 Å². The number of rotatable bonds is 8. The molecule has 1 aliphatic carbocycles. The summed E-state index contributed by atoms with van der Waals surface area (Å²) in [5.74, 6) is 2.93. The Morgan fingerprint density at radius 1 is 1.10 bits per heavy atom. The third-order valence-corrected chi connectivity index (χ3v) is 3.95. The average Bonchev–Trinajstić information content (AvgIpc) is 2.42. The third-order valence-electron chi connectivity index (χ3n) is 3.95. The molecule has 112 valence electrons. The first-order valence-electron chi connectivity index (χ1n) is 7.69. The molecule has 20 heavy (non-hydrogen) atoms. The highest BCUT2D eigenvalue weighted by Gasteiger charge is 2.17. The van der Waals surface area contributed by atoms with Gasteiger partial charge in [-0.05, 0) is 26.2 Å². The topological polar surface area (TPSA) is 66.0 Å².